The minimum atomic E-state index is -0.392. The second kappa shape index (κ2) is 8.10. The summed E-state index contributed by atoms with van der Waals surface area (Å²) >= 11 is 6.11. The predicted octanol–water partition coefficient (Wildman–Crippen LogP) is 5.29. The highest BCUT2D eigenvalue weighted by atomic mass is 35.5. The van der Waals surface area contributed by atoms with Gasteiger partial charge in [0.25, 0.3) is 0 Å². The largest absolute Gasteiger partial charge is 0.352 e. The van der Waals surface area contributed by atoms with Crippen LogP contribution in [0.5, 0.6) is 0 Å². The molecule has 1 atom stereocenters. The van der Waals surface area contributed by atoms with Crippen molar-refractivity contribution in [3.8, 4) is 11.4 Å². The van der Waals surface area contributed by atoms with E-state index in [9.17, 15) is 4.39 Å². The van der Waals surface area contributed by atoms with Crippen molar-refractivity contribution in [1.82, 2.24) is 15.0 Å². The van der Waals surface area contributed by atoms with Crippen molar-refractivity contribution in [2.45, 2.75) is 26.3 Å². The van der Waals surface area contributed by atoms with Crippen molar-refractivity contribution in [3.63, 3.8) is 0 Å². The second-order valence-corrected chi connectivity index (χ2v) is 6.29. The number of nitrogens with one attached hydrogen (secondary N) is 2. The van der Waals surface area contributed by atoms with Gasteiger partial charge in [-0.15, -0.1) is 0 Å². The van der Waals surface area contributed by atoms with Gasteiger partial charge in [0.1, 0.15) is 11.6 Å². The van der Waals surface area contributed by atoms with Crippen LogP contribution in [0.4, 0.5) is 21.8 Å². The molecule has 0 aliphatic rings. The van der Waals surface area contributed by atoms with E-state index in [-0.39, 0.29) is 11.1 Å². The SMILES string of the molecule is CC[C@H](C)Nc1nc(Nc2ccc(F)cc2Cl)cc(-c2ccccn2)n1. The monoisotopic (exact) mass is 371 g/mol. The molecule has 2 heterocycles. The van der Waals surface area contributed by atoms with Crippen molar-refractivity contribution in [1.29, 1.82) is 0 Å². The third-order valence-corrected chi connectivity index (χ3v) is 4.15. The molecule has 2 aromatic heterocycles. The number of rotatable bonds is 6. The average molecular weight is 372 g/mol. The number of aromatic nitrogens is 3. The topological polar surface area (TPSA) is 62.7 Å². The molecule has 1 aromatic carbocycles. The molecular formula is C19H19ClFN5. The summed E-state index contributed by atoms with van der Waals surface area (Å²) in [5, 5.41) is 6.67. The Balaban J connectivity index is 1.98. The molecule has 0 unspecified atom stereocenters. The molecule has 5 nitrogen and oxygen atoms in total. The molecule has 0 fully saturated rings. The van der Waals surface area contributed by atoms with Gasteiger partial charge >= 0.3 is 0 Å². The summed E-state index contributed by atoms with van der Waals surface area (Å²) in [5.74, 6) is 0.639. The number of hydrogen-bond acceptors (Lipinski definition) is 5. The highest BCUT2D eigenvalue weighted by Crippen LogP contribution is 2.27. The molecule has 0 aliphatic carbocycles. The maximum absolute atomic E-state index is 13.3. The first-order valence-corrected chi connectivity index (χ1v) is 8.72. The van der Waals surface area contributed by atoms with Crippen LogP contribution in [0.15, 0.2) is 48.7 Å². The van der Waals surface area contributed by atoms with Gasteiger partial charge < -0.3 is 10.6 Å². The van der Waals surface area contributed by atoms with Gasteiger partial charge in [0.2, 0.25) is 5.95 Å². The Labute approximate surface area is 156 Å². The Hall–Kier alpha value is -2.73. The lowest BCUT2D eigenvalue weighted by Gasteiger charge is -2.15. The van der Waals surface area contributed by atoms with E-state index in [2.05, 4.69) is 39.4 Å². The number of hydrogen-bond donors (Lipinski definition) is 2. The van der Waals surface area contributed by atoms with Gasteiger partial charge in [0, 0.05) is 18.3 Å². The molecule has 134 valence electrons. The van der Waals surface area contributed by atoms with Crippen molar-refractivity contribution in [3.05, 3.63) is 59.5 Å². The first-order valence-electron chi connectivity index (χ1n) is 8.34. The standard InChI is InChI=1S/C19H19ClFN5/c1-3-12(2)23-19-25-17(16-6-4-5-9-22-16)11-18(26-19)24-15-8-7-13(21)10-14(15)20/h4-12H,3H2,1-2H3,(H2,23,24,25,26)/t12-/m0/s1. The molecule has 0 spiro atoms. The minimum Gasteiger partial charge on any atom is -0.352 e. The molecular weight excluding hydrogens is 353 g/mol. The molecule has 0 radical (unpaired) electrons. The normalized spacial score (nSPS) is 11.8. The lowest BCUT2D eigenvalue weighted by atomic mass is 10.2. The molecule has 0 amide bonds. The highest BCUT2D eigenvalue weighted by Gasteiger charge is 2.11. The van der Waals surface area contributed by atoms with Gasteiger partial charge in [-0.25, -0.2) is 9.37 Å². The fourth-order valence-electron chi connectivity index (χ4n) is 2.27. The van der Waals surface area contributed by atoms with E-state index in [0.29, 0.717) is 23.1 Å². The van der Waals surface area contributed by atoms with Crippen LogP contribution in [0.2, 0.25) is 5.02 Å². The number of pyridine rings is 1. The second-order valence-electron chi connectivity index (χ2n) is 5.88. The Kier molecular flexibility index (Phi) is 5.63. The molecule has 26 heavy (non-hydrogen) atoms. The third-order valence-electron chi connectivity index (χ3n) is 3.84. The third kappa shape index (κ3) is 4.46. The van der Waals surface area contributed by atoms with Crippen molar-refractivity contribution in [2.75, 3.05) is 10.6 Å². The lowest BCUT2D eigenvalue weighted by molar-refractivity contribution is 0.628. The van der Waals surface area contributed by atoms with Gasteiger partial charge in [-0.05, 0) is 43.7 Å². The number of benzene rings is 1. The zero-order valence-electron chi connectivity index (χ0n) is 14.5. The average Bonchev–Trinajstić information content (AvgIpc) is 2.64. The van der Waals surface area contributed by atoms with E-state index >= 15 is 0 Å². The zero-order chi connectivity index (χ0) is 18.5. The van der Waals surface area contributed by atoms with Crippen molar-refractivity contribution >= 4 is 29.1 Å². The molecule has 0 saturated carbocycles. The maximum Gasteiger partial charge on any atom is 0.225 e. The molecule has 0 aliphatic heterocycles. The lowest BCUT2D eigenvalue weighted by Crippen LogP contribution is -2.16. The summed E-state index contributed by atoms with van der Waals surface area (Å²) in [6, 6.07) is 11.8. The summed E-state index contributed by atoms with van der Waals surface area (Å²) in [6.45, 7) is 4.14. The van der Waals surface area contributed by atoms with Crippen LogP contribution >= 0.6 is 11.6 Å². The molecule has 7 heteroatoms. The van der Waals surface area contributed by atoms with Gasteiger partial charge in [0.05, 0.1) is 22.1 Å². The summed E-state index contributed by atoms with van der Waals surface area (Å²) in [5.41, 5.74) is 1.97. The summed E-state index contributed by atoms with van der Waals surface area (Å²) in [6.07, 6.45) is 2.65. The number of anilines is 3. The van der Waals surface area contributed by atoms with Crippen LogP contribution < -0.4 is 10.6 Å². The summed E-state index contributed by atoms with van der Waals surface area (Å²) < 4.78 is 13.3. The van der Waals surface area contributed by atoms with E-state index in [4.69, 9.17) is 11.6 Å². The quantitative estimate of drug-likeness (QED) is 0.616. The minimum absolute atomic E-state index is 0.219. The first kappa shape index (κ1) is 18.1. The zero-order valence-corrected chi connectivity index (χ0v) is 15.3. The van der Waals surface area contributed by atoms with Crippen LogP contribution in [0, 0.1) is 5.82 Å². The van der Waals surface area contributed by atoms with Crippen LogP contribution in [0.25, 0.3) is 11.4 Å². The maximum atomic E-state index is 13.3. The van der Waals surface area contributed by atoms with E-state index in [1.807, 2.05) is 18.2 Å². The molecule has 2 N–H and O–H groups in total. The fourth-order valence-corrected chi connectivity index (χ4v) is 2.49. The first-order chi connectivity index (χ1) is 12.5. The van der Waals surface area contributed by atoms with E-state index in [1.165, 1.54) is 12.1 Å². The van der Waals surface area contributed by atoms with Gasteiger partial charge in [-0.3, -0.25) is 4.98 Å². The van der Waals surface area contributed by atoms with Crippen LogP contribution in [-0.4, -0.2) is 21.0 Å². The summed E-state index contributed by atoms with van der Waals surface area (Å²) in [7, 11) is 0. The number of nitrogens with zero attached hydrogens (tertiary/aromatic N) is 3. The predicted molar refractivity (Wildman–Crippen MR) is 103 cm³/mol. The fraction of sp³-hybridized carbons (Fsp3) is 0.211. The smallest absolute Gasteiger partial charge is 0.225 e. The Morgan fingerprint density at radius 2 is 1.96 bits per heavy atom. The van der Waals surface area contributed by atoms with Crippen molar-refractivity contribution in [2.24, 2.45) is 0 Å². The van der Waals surface area contributed by atoms with E-state index in [1.54, 1.807) is 18.3 Å². The Morgan fingerprint density at radius 1 is 1.12 bits per heavy atom. The highest BCUT2D eigenvalue weighted by molar-refractivity contribution is 6.33. The van der Waals surface area contributed by atoms with Crippen molar-refractivity contribution < 1.29 is 4.39 Å². The van der Waals surface area contributed by atoms with E-state index < -0.39 is 5.82 Å². The molecule has 0 bridgehead atoms. The van der Waals surface area contributed by atoms with Crippen LogP contribution in [0.1, 0.15) is 20.3 Å². The van der Waals surface area contributed by atoms with E-state index in [0.717, 1.165) is 12.1 Å². The molecule has 3 aromatic rings. The summed E-state index contributed by atoms with van der Waals surface area (Å²) in [4.78, 5) is 13.4. The van der Waals surface area contributed by atoms with Gasteiger partial charge in [-0.2, -0.15) is 4.98 Å². The number of halogens is 2. The van der Waals surface area contributed by atoms with Crippen LogP contribution in [-0.2, 0) is 0 Å². The molecule has 3 rings (SSSR count). The Bertz CT molecular complexity index is 888. The van der Waals surface area contributed by atoms with Gasteiger partial charge in [0.15, 0.2) is 0 Å². The molecule has 0 saturated heterocycles. The van der Waals surface area contributed by atoms with Crippen LogP contribution in [0.3, 0.4) is 0 Å². The Morgan fingerprint density at radius 3 is 2.65 bits per heavy atom. The van der Waals surface area contributed by atoms with Gasteiger partial charge in [-0.1, -0.05) is 24.6 Å².